The largest absolute Gasteiger partial charge is 0.462 e. The fraction of sp³-hybridized carbons (Fsp3) is 0.833. The van der Waals surface area contributed by atoms with Crippen LogP contribution in [0.5, 0.6) is 0 Å². The van der Waals surface area contributed by atoms with Crippen molar-refractivity contribution in [3.05, 3.63) is 23.8 Å². The van der Waals surface area contributed by atoms with Crippen LogP contribution in [-0.4, -0.2) is 22.8 Å². The highest BCUT2D eigenvalue weighted by molar-refractivity contribution is 5.70. The van der Waals surface area contributed by atoms with Crippen molar-refractivity contribution in [2.45, 2.75) is 118 Å². The quantitative estimate of drug-likeness (QED) is 0.350. The summed E-state index contributed by atoms with van der Waals surface area (Å²) >= 11 is 0. The number of hydrogen-bond acceptors (Lipinski definition) is 3. The summed E-state index contributed by atoms with van der Waals surface area (Å²) in [7, 11) is 0. The van der Waals surface area contributed by atoms with Crippen LogP contribution in [0, 0.1) is 39.9 Å². The van der Waals surface area contributed by atoms with Crippen LogP contribution in [0.2, 0.25) is 0 Å². The van der Waals surface area contributed by atoms with Gasteiger partial charge < -0.3 is 9.84 Å². The van der Waals surface area contributed by atoms with E-state index in [1.54, 1.807) is 0 Å². The maximum atomic E-state index is 12.8. The van der Waals surface area contributed by atoms with Crippen molar-refractivity contribution in [3.63, 3.8) is 0 Å². The Morgan fingerprint density at radius 2 is 1.82 bits per heavy atom. The number of carbonyl (C=O) groups is 1. The highest BCUT2D eigenvalue weighted by Crippen LogP contribution is 2.74. The van der Waals surface area contributed by atoms with Crippen LogP contribution in [0.4, 0.5) is 0 Å². The molecule has 0 unspecified atom stereocenters. The lowest BCUT2D eigenvalue weighted by Crippen LogP contribution is -2.64. The van der Waals surface area contributed by atoms with Gasteiger partial charge in [0, 0.05) is 12.3 Å². The molecule has 0 bridgehead atoms. The lowest BCUT2D eigenvalue weighted by molar-refractivity contribution is -0.221. The maximum Gasteiger partial charge on any atom is 0.306 e. The third-order valence-electron chi connectivity index (χ3n) is 11.3. The summed E-state index contributed by atoms with van der Waals surface area (Å²) in [5.74, 6) is 1.45. The molecule has 3 nitrogen and oxygen atoms in total. The Kier molecular flexibility index (Phi) is 6.25. The second-order valence-corrected chi connectivity index (χ2v) is 13.4. The number of aliphatic hydroxyl groups is 1. The van der Waals surface area contributed by atoms with Gasteiger partial charge in [-0.15, -0.1) is 0 Å². The predicted molar refractivity (Wildman–Crippen MR) is 135 cm³/mol. The van der Waals surface area contributed by atoms with E-state index in [1.165, 1.54) is 24.0 Å². The summed E-state index contributed by atoms with van der Waals surface area (Å²) in [6.07, 6.45) is 10.8. The minimum absolute atomic E-state index is 0.0214. The van der Waals surface area contributed by atoms with Gasteiger partial charge in [0.1, 0.15) is 6.10 Å². The van der Waals surface area contributed by atoms with Gasteiger partial charge in [-0.3, -0.25) is 4.79 Å². The molecule has 1 aliphatic heterocycles. The monoisotopic (exact) mass is 456 g/mol. The first kappa shape index (κ1) is 25.0. The Labute approximate surface area is 202 Å². The molecule has 1 N–H and O–H groups in total. The molecule has 0 amide bonds. The van der Waals surface area contributed by atoms with Gasteiger partial charge in [0.05, 0.1) is 5.60 Å². The van der Waals surface area contributed by atoms with Crippen molar-refractivity contribution in [2.75, 3.05) is 0 Å². The van der Waals surface area contributed by atoms with Crippen molar-refractivity contribution in [3.8, 4) is 0 Å². The molecule has 0 spiro atoms. The van der Waals surface area contributed by atoms with Crippen LogP contribution >= 0.6 is 0 Å². The van der Waals surface area contributed by atoms with Crippen LogP contribution in [0.1, 0.15) is 106 Å². The molecule has 3 saturated carbocycles. The molecule has 0 aromatic rings. The topological polar surface area (TPSA) is 46.5 Å². The molecule has 4 aliphatic rings. The Morgan fingerprint density at radius 3 is 2.45 bits per heavy atom. The molecular weight excluding hydrogens is 408 g/mol. The number of allylic oxidation sites excluding steroid dienone is 3. The van der Waals surface area contributed by atoms with Gasteiger partial charge in [0.25, 0.3) is 0 Å². The van der Waals surface area contributed by atoms with Gasteiger partial charge in [-0.05, 0) is 113 Å². The van der Waals surface area contributed by atoms with Crippen LogP contribution < -0.4 is 0 Å². The number of fused-ring (bicyclic) bond motifs is 2. The van der Waals surface area contributed by atoms with Crippen LogP contribution in [0.15, 0.2) is 23.8 Å². The fourth-order valence-electron chi connectivity index (χ4n) is 9.59. The minimum Gasteiger partial charge on any atom is -0.462 e. The summed E-state index contributed by atoms with van der Waals surface area (Å²) < 4.78 is 6.28. The zero-order chi connectivity index (χ0) is 24.4. The summed E-state index contributed by atoms with van der Waals surface area (Å²) in [6, 6.07) is 0. The van der Waals surface area contributed by atoms with E-state index in [0.717, 1.165) is 38.5 Å². The van der Waals surface area contributed by atoms with E-state index in [0.29, 0.717) is 24.2 Å². The van der Waals surface area contributed by atoms with Crippen LogP contribution in [0.25, 0.3) is 0 Å². The maximum absolute atomic E-state index is 12.8. The number of esters is 1. The van der Waals surface area contributed by atoms with Crippen molar-refractivity contribution in [1.29, 1.82) is 0 Å². The zero-order valence-corrected chi connectivity index (χ0v) is 22.3. The predicted octanol–water partition coefficient (Wildman–Crippen LogP) is 7.24. The van der Waals surface area contributed by atoms with Gasteiger partial charge >= 0.3 is 5.97 Å². The summed E-state index contributed by atoms with van der Waals surface area (Å²) in [5.41, 5.74) is 2.21. The molecule has 1 heterocycles. The first-order chi connectivity index (χ1) is 15.3. The zero-order valence-electron chi connectivity index (χ0n) is 22.3. The van der Waals surface area contributed by atoms with Crippen molar-refractivity contribution in [1.82, 2.24) is 0 Å². The average Bonchev–Trinajstić information content (AvgIpc) is 2.98. The average molecular weight is 457 g/mol. The molecule has 3 aliphatic carbocycles. The molecule has 4 fully saturated rings. The summed E-state index contributed by atoms with van der Waals surface area (Å²) in [4.78, 5) is 12.8. The van der Waals surface area contributed by atoms with E-state index in [1.807, 2.05) is 0 Å². The molecule has 0 aromatic carbocycles. The second-order valence-electron chi connectivity index (χ2n) is 13.4. The van der Waals surface area contributed by atoms with E-state index >= 15 is 0 Å². The van der Waals surface area contributed by atoms with Crippen molar-refractivity contribution >= 4 is 5.97 Å². The normalized spacial score (nSPS) is 46.3. The molecule has 33 heavy (non-hydrogen) atoms. The van der Waals surface area contributed by atoms with Gasteiger partial charge in [-0.25, -0.2) is 0 Å². The lowest BCUT2D eigenvalue weighted by Gasteiger charge is -2.67. The number of ether oxygens (including phenoxy) is 1. The van der Waals surface area contributed by atoms with E-state index in [4.69, 9.17) is 4.74 Å². The van der Waals surface area contributed by atoms with Gasteiger partial charge in [0.2, 0.25) is 0 Å². The van der Waals surface area contributed by atoms with Crippen LogP contribution in [0.3, 0.4) is 0 Å². The Hall–Kier alpha value is -1.09. The van der Waals surface area contributed by atoms with Crippen molar-refractivity contribution in [2.24, 2.45) is 39.9 Å². The standard InChI is InChI=1S/C30H48O3/c1-19(2)10-9-14-30(8,32)22-12-16-28(6)23(22)18-24-26-27(5,15-13-25(31)33-24)21(20(3)4)11-17-29(26,28)7/h10,21-24,26,32H,3,9,11-18H2,1-2,4-8H3/t21-,22+,23-,24-,26-,27+,28-,29-,30+/m1/s1. The molecule has 1 saturated heterocycles. The van der Waals surface area contributed by atoms with E-state index in [9.17, 15) is 9.90 Å². The summed E-state index contributed by atoms with van der Waals surface area (Å²) in [5, 5.41) is 11.7. The molecule has 9 atom stereocenters. The van der Waals surface area contributed by atoms with E-state index < -0.39 is 5.60 Å². The Morgan fingerprint density at radius 1 is 1.15 bits per heavy atom. The van der Waals surface area contributed by atoms with Gasteiger partial charge in [-0.1, -0.05) is 44.6 Å². The third kappa shape index (κ3) is 3.76. The Bertz CT molecular complexity index is 835. The molecule has 186 valence electrons. The number of rotatable bonds is 5. The van der Waals surface area contributed by atoms with Crippen LogP contribution in [-0.2, 0) is 9.53 Å². The smallest absolute Gasteiger partial charge is 0.306 e. The van der Waals surface area contributed by atoms with Crippen molar-refractivity contribution < 1.29 is 14.6 Å². The molecule has 0 aromatic heterocycles. The third-order valence-corrected chi connectivity index (χ3v) is 11.3. The molecular formula is C30H48O3. The summed E-state index contributed by atoms with van der Waals surface area (Å²) in [6.45, 7) is 20.4. The minimum atomic E-state index is -0.690. The lowest BCUT2D eigenvalue weighted by atomic mass is 9.37. The highest BCUT2D eigenvalue weighted by Gasteiger charge is 2.70. The highest BCUT2D eigenvalue weighted by atomic mass is 16.5. The Balaban J connectivity index is 1.73. The first-order valence-electron chi connectivity index (χ1n) is 13.5. The van der Waals surface area contributed by atoms with E-state index in [2.05, 4.69) is 61.1 Å². The molecule has 0 radical (unpaired) electrons. The number of carbonyl (C=O) groups excluding carboxylic acids is 1. The second kappa shape index (κ2) is 8.25. The number of hydrogen-bond donors (Lipinski definition) is 1. The molecule has 3 heteroatoms. The molecule has 4 rings (SSSR count). The van der Waals surface area contributed by atoms with Gasteiger partial charge in [-0.2, -0.15) is 0 Å². The fourth-order valence-corrected chi connectivity index (χ4v) is 9.59. The van der Waals surface area contributed by atoms with Gasteiger partial charge in [0.15, 0.2) is 0 Å². The first-order valence-corrected chi connectivity index (χ1v) is 13.5. The SMILES string of the molecule is C=C(C)[C@H]1CC[C@]2(C)[C@@H]3[C@@H](C[C@@H]4[C@@H]([C@@](C)(O)CCC=C(C)C)CC[C@]42C)OC(=O)CC[C@@]13C. The van der Waals surface area contributed by atoms with E-state index in [-0.39, 0.29) is 34.2 Å².